The van der Waals surface area contributed by atoms with Crippen molar-refractivity contribution < 1.29 is 12.8 Å². The summed E-state index contributed by atoms with van der Waals surface area (Å²) in [6.07, 6.45) is 0.719. The van der Waals surface area contributed by atoms with Crippen molar-refractivity contribution >= 4 is 15.8 Å². The number of rotatable bonds is 10. The van der Waals surface area contributed by atoms with Crippen molar-refractivity contribution in [1.82, 2.24) is 19.0 Å². The van der Waals surface area contributed by atoms with Gasteiger partial charge in [-0.25, -0.2) is 17.5 Å². The molecule has 0 spiro atoms. The minimum atomic E-state index is -3.84. The predicted octanol–water partition coefficient (Wildman–Crippen LogP) is 4.70. The smallest absolute Gasteiger partial charge is 0.243 e. The summed E-state index contributed by atoms with van der Waals surface area (Å²) < 4.78 is 44.6. The van der Waals surface area contributed by atoms with E-state index in [1.807, 2.05) is 41.9 Å². The first kappa shape index (κ1) is 27.3. The summed E-state index contributed by atoms with van der Waals surface area (Å²) in [7, 11) is -3.84. The number of hydrogen-bond donors (Lipinski definition) is 0. The van der Waals surface area contributed by atoms with Crippen LogP contribution in [0.3, 0.4) is 0 Å². The standard InChI is InChI=1S/C28H38FN5O2S/c1-5-31-17-19-32(20-18-31)28-27(23(4)30-34(28)25-9-7-6-8-10-25)21-33(16-15-22(2)3)37(35,36)26-13-11-24(29)12-14-26/h6-14,22H,5,15-21H2,1-4H3. The number of halogens is 1. The van der Waals surface area contributed by atoms with Crippen LogP contribution in [-0.2, 0) is 16.6 Å². The van der Waals surface area contributed by atoms with E-state index in [9.17, 15) is 12.8 Å². The Morgan fingerprint density at radius 2 is 1.65 bits per heavy atom. The molecule has 0 atom stereocenters. The molecule has 0 radical (unpaired) electrons. The van der Waals surface area contributed by atoms with E-state index in [1.165, 1.54) is 28.6 Å². The molecule has 2 aromatic carbocycles. The Morgan fingerprint density at radius 3 is 2.24 bits per heavy atom. The number of nitrogens with zero attached hydrogens (tertiary/aromatic N) is 5. The third-order valence-electron chi connectivity index (χ3n) is 7.02. The Morgan fingerprint density at radius 1 is 1.00 bits per heavy atom. The molecule has 1 fully saturated rings. The van der Waals surface area contributed by atoms with Gasteiger partial charge in [0.15, 0.2) is 0 Å². The molecule has 1 aliphatic heterocycles. The fourth-order valence-corrected chi connectivity index (χ4v) is 6.12. The van der Waals surface area contributed by atoms with Gasteiger partial charge in [0.1, 0.15) is 11.6 Å². The third kappa shape index (κ3) is 6.22. The molecule has 0 unspecified atom stereocenters. The monoisotopic (exact) mass is 527 g/mol. The molecule has 0 bridgehead atoms. The second kappa shape index (κ2) is 11.8. The van der Waals surface area contributed by atoms with E-state index in [1.54, 1.807) is 0 Å². The number of piperazine rings is 1. The fourth-order valence-electron chi connectivity index (χ4n) is 4.70. The Kier molecular flexibility index (Phi) is 8.67. The minimum Gasteiger partial charge on any atom is -0.354 e. The molecule has 1 saturated heterocycles. The number of para-hydroxylation sites is 1. The van der Waals surface area contributed by atoms with Crippen LogP contribution in [0.15, 0.2) is 59.5 Å². The summed E-state index contributed by atoms with van der Waals surface area (Å²) in [6, 6.07) is 15.1. The van der Waals surface area contributed by atoms with E-state index in [2.05, 4.69) is 30.6 Å². The van der Waals surface area contributed by atoms with Gasteiger partial charge in [-0.2, -0.15) is 9.40 Å². The van der Waals surface area contributed by atoms with Crippen LogP contribution in [0.5, 0.6) is 0 Å². The maximum Gasteiger partial charge on any atom is 0.243 e. The lowest BCUT2D eigenvalue weighted by Crippen LogP contribution is -2.47. The molecule has 1 aromatic heterocycles. The lowest BCUT2D eigenvalue weighted by atomic mass is 10.1. The van der Waals surface area contributed by atoms with Crippen LogP contribution in [0.2, 0.25) is 0 Å². The Balaban J connectivity index is 1.77. The maximum atomic E-state index is 13.8. The highest BCUT2D eigenvalue weighted by molar-refractivity contribution is 7.89. The molecular formula is C28H38FN5O2S. The van der Waals surface area contributed by atoms with Crippen molar-refractivity contribution in [2.24, 2.45) is 5.92 Å². The van der Waals surface area contributed by atoms with Gasteiger partial charge in [0.05, 0.1) is 16.3 Å². The Bertz CT molecular complexity index is 1270. The average Bonchev–Trinajstić information content (AvgIpc) is 3.22. The quantitative estimate of drug-likeness (QED) is 0.383. The van der Waals surface area contributed by atoms with Crippen molar-refractivity contribution in [2.75, 3.05) is 44.2 Å². The second-order valence-corrected chi connectivity index (χ2v) is 12.0. The van der Waals surface area contributed by atoms with Gasteiger partial charge in [-0.05, 0) is 62.2 Å². The van der Waals surface area contributed by atoms with Gasteiger partial charge < -0.3 is 9.80 Å². The van der Waals surface area contributed by atoms with Crippen LogP contribution in [0.25, 0.3) is 5.69 Å². The summed E-state index contributed by atoms with van der Waals surface area (Å²) in [5, 5.41) is 4.90. The number of hydrogen-bond acceptors (Lipinski definition) is 5. The molecule has 0 saturated carbocycles. The molecule has 4 rings (SSSR count). The van der Waals surface area contributed by atoms with Crippen LogP contribution in [0.1, 0.15) is 38.4 Å². The molecule has 7 nitrogen and oxygen atoms in total. The Hall–Kier alpha value is -2.75. The first-order valence-electron chi connectivity index (χ1n) is 13.1. The highest BCUT2D eigenvalue weighted by Gasteiger charge is 2.31. The van der Waals surface area contributed by atoms with E-state index >= 15 is 0 Å². The average molecular weight is 528 g/mol. The largest absolute Gasteiger partial charge is 0.354 e. The predicted molar refractivity (Wildman–Crippen MR) is 146 cm³/mol. The van der Waals surface area contributed by atoms with Crippen LogP contribution in [-0.4, -0.2) is 66.7 Å². The normalized spacial score (nSPS) is 15.2. The van der Waals surface area contributed by atoms with Crippen molar-refractivity contribution in [3.8, 4) is 5.69 Å². The van der Waals surface area contributed by atoms with Gasteiger partial charge >= 0.3 is 0 Å². The van der Waals surface area contributed by atoms with Crippen LogP contribution < -0.4 is 4.90 Å². The summed E-state index contributed by atoms with van der Waals surface area (Å²) in [4.78, 5) is 4.85. The molecule has 200 valence electrons. The lowest BCUT2D eigenvalue weighted by Gasteiger charge is -2.36. The van der Waals surface area contributed by atoms with Gasteiger partial charge in [0, 0.05) is 44.8 Å². The summed E-state index contributed by atoms with van der Waals surface area (Å²) in [5.41, 5.74) is 2.66. The number of sulfonamides is 1. The van der Waals surface area contributed by atoms with Crippen molar-refractivity contribution in [1.29, 1.82) is 0 Å². The minimum absolute atomic E-state index is 0.101. The van der Waals surface area contributed by atoms with E-state index in [0.29, 0.717) is 12.5 Å². The van der Waals surface area contributed by atoms with Crippen LogP contribution >= 0.6 is 0 Å². The molecule has 1 aliphatic rings. The molecule has 2 heterocycles. The van der Waals surface area contributed by atoms with Gasteiger partial charge in [-0.15, -0.1) is 0 Å². The zero-order chi connectivity index (χ0) is 26.6. The van der Waals surface area contributed by atoms with E-state index in [-0.39, 0.29) is 11.4 Å². The molecule has 0 aliphatic carbocycles. The molecule has 37 heavy (non-hydrogen) atoms. The number of likely N-dealkylation sites (N-methyl/N-ethyl adjacent to an activating group) is 1. The zero-order valence-electron chi connectivity index (χ0n) is 22.3. The lowest BCUT2D eigenvalue weighted by molar-refractivity contribution is 0.269. The molecule has 0 amide bonds. The molecule has 0 N–H and O–H groups in total. The summed E-state index contributed by atoms with van der Waals surface area (Å²) in [5.74, 6) is 0.824. The second-order valence-electron chi connectivity index (χ2n) is 10.0. The van der Waals surface area contributed by atoms with Crippen molar-refractivity contribution in [3.05, 3.63) is 71.7 Å². The highest BCUT2D eigenvalue weighted by Crippen LogP contribution is 2.31. The first-order valence-corrected chi connectivity index (χ1v) is 14.5. The van der Waals surface area contributed by atoms with Crippen LogP contribution in [0, 0.1) is 18.7 Å². The number of aryl methyl sites for hydroxylation is 1. The third-order valence-corrected chi connectivity index (χ3v) is 8.88. The van der Waals surface area contributed by atoms with Gasteiger partial charge in [-0.1, -0.05) is 39.0 Å². The Labute approximate surface area is 220 Å². The molecule has 9 heteroatoms. The van der Waals surface area contributed by atoms with Gasteiger partial charge in [0.2, 0.25) is 10.0 Å². The van der Waals surface area contributed by atoms with Crippen LogP contribution in [0.4, 0.5) is 10.2 Å². The summed E-state index contributed by atoms with van der Waals surface area (Å²) in [6.45, 7) is 13.4. The number of aromatic nitrogens is 2. The topological polar surface area (TPSA) is 61.7 Å². The molecule has 3 aromatic rings. The van der Waals surface area contributed by atoms with E-state index in [0.717, 1.165) is 61.9 Å². The highest BCUT2D eigenvalue weighted by atomic mass is 32.2. The van der Waals surface area contributed by atoms with Crippen molar-refractivity contribution in [2.45, 2.75) is 45.6 Å². The van der Waals surface area contributed by atoms with E-state index in [4.69, 9.17) is 5.10 Å². The van der Waals surface area contributed by atoms with Gasteiger partial charge in [0.25, 0.3) is 0 Å². The fraction of sp³-hybridized carbons (Fsp3) is 0.464. The number of benzene rings is 2. The first-order chi connectivity index (χ1) is 17.7. The maximum absolute atomic E-state index is 13.8. The summed E-state index contributed by atoms with van der Waals surface area (Å²) >= 11 is 0. The zero-order valence-corrected chi connectivity index (χ0v) is 23.1. The van der Waals surface area contributed by atoms with E-state index < -0.39 is 15.8 Å². The van der Waals surface area contributed by atoms with Gasteiger partial charge in [-0.3, -0.25) is 0 Å². The van der Waals surface area contributed by atoms with Crippen molar-refractivity contribution in [3.63, 3.8) is 0 Å². The SMILES string of the molecule is CCN1CCN(c2c(CN(CCC(C)C)S(=O)(=O)c3ccc(F)cc3)c(C)nn2-c2ccccc2)CC1. The molecular weight excluding hydrogens is 489 g/mol. The number of anilines is 1.